The average Bonchev–Trinajstić information content (AvgIpc) is 2.46. The third-order valence-corrected chi connectivity index (χ3v) is 3.23. The number of hydrogen-bond donors (Lipinski definition) is 1. The van der Waals surface area contributed by atoms with Gasteiger partial charge in [-0.2, -0.15) is 5.26 Å². The number of aliphatic hydroxyl groups excluding tert-OH is 1. The fraction of sp³-hybridized carbons (Fsp3) is 0.500. The predicted molar refractivity (Wildman–Crippen MR) is 68.1 cm³/mol. The number of benzene rings is 1. The van der Waals surface area contributed by atoms with Crippen molar-refractivity contribution in [3.8, 4) is 6.07 Å². The average molecular weight is 246 g/mol. The van der Waals surface area contributed by atoms with Gasteiger partial charge in [-0.1, -0.05) is 30.3 Å². The SMILES string of the molecule is N#CC(CN1CCOC(CO)C1)c1ccccc1. The molecular weight excluding hydrogens is 228 g/mol. The van der Waals surface area contributed by atoms with Crippen LogP contribution < -0.4 is 0 Å². The molecule has 4 heteroatoms. The second kappa shape index (κ2) is 6.50. The lowest BCUT2D eigenvalue weighted by Crippen LogP contribution is -2.45. The smallest absolute Gasteiger partial charge is 0.0932 e. The Labute approximate surface area is 107 Å². The molecule has 18 heavy (non-hydrogen) atoms. The van der Waals surface area contributed by atoms with Gasteiger partial charge >= 0.3 is 0 Å². The van der Waals surface area contributed by atoms with Crippen LogP contribution >= 0.6 is 0 Å². The fourth-order valence-electron chi connectivity index (χ4n) is 2.22. The topological polar surface area (TPSA) is 56.5 Å². The first kappa shape index (κ1) is 13.0. The van der Waals surface area contributed by atoms with Gasteiger partial charge in [0.1, 0.15) is 0 Å². The van der Waals surface area contributed by atoms with Crippen LogP contribution in [-0.4, -0.2) is 49.0 Å². The molecule has 0 aliphatic carbocycles. The van der Waals surface area contributed by atoms with Gasteiger partial charge in [0.15, 0.2) is 0 Å². The van der Waals surface area contributed by atoms with Gasteiger partial charge in [0, 0.05) is 19.6 Å². The second-order valence-corrected chi connectivity index (χ2v) is 4.53. The zero-order chi connectivity index (χ0) is 12.8. The zero-order valence-electron chi connectivity index (χ0n) is 10.3. The molecule has 1 fully saturated rings. The van der Waals surface area contributed by atoms with Crippen LogP contribution in [0.2, 0.25) is 0 Å². The molecule has 0 radical (unpaired) electrons. The number of rotatable bonds is 4. The Morgan fingerprint density at radius 1 is 1.44 bits per heavy atom. The minimum absolute atomic E-state index is 0.0407. The summed E-state index contributed by atoms with van der Waals surface area (Å²) in [5, 5.41) is 18.4. The van der Waals surface area contributed by atoms with E-state index in [-0.39, 0.29) is 18.6 Å². The van der Waals surface area contributed by atoms with Crippen molar-refractivity contribution < 1.29 is 9.84 Å². The van der Waals surface area contributed by atoms with E-state index >= 15 is 0 Å². The number of hydrogen-bond acceptors (Lipinski definition) is 4. The van der Waals surface area contributed by atoms with Crippen LogP contribution in [0.5, 0.6) is 0 Å². The Hall–Kier alpha value is -1.41. The highest BCUT2D eigenvalue weighted by Crippen LogP contribution is 2.17. The van der Waals surface area contributed by atoms with Gasteiger partial charge in [-0.25, -0.2) is 0 Å². The highest BCUT2D eigenvalue weighted by Gasteiger charge is 2.22. The van der Waals surface area contributed by atoms with E-state index < -0.39 is 0 Å². The molecule has 0 spiro atoms. The highest BCUT2D eigenvalue weighted by molar-refractivity contribution is 5.25. The van der Waals surface area contributed by atoms with Crippen molar-refractivity contribution in [1.82, 2.24) is 4.90 Å². The molecule has 1 heterocycles. The van der Waals surface area contributed by atoms with Gasteiger partial charge in [0.05, 0.1) is 31.3 Å². The first-order chi connectivity index (χ1) is 8.83. The van der Waals surface area contributed by atoms with Gasteiger partial charge in [0.2, 0.25) is 0 Å². The summed E-state index contributed by atoms with van der Waals surface area (Å²) in [6.07, 6.45) is -0.117. The molecule has 2 rings (SSSR count). The standard InChI is InChI=1S/C14H18N2O2/c15-8-13(12-4-2-1-3-5-12)9-16-6-7-18-14(10-16)11-17/h1-5,13-14,17H,6-7,9-11H2. The Balaban J connectivity index is 1.97. The van der Waals surface area contributed by atoms with Crippen molar-refractivity contribution in [1.29, 1.82) is 5.26 Å². The Kier molecular flexibility index (Phi) is 4.71. The van der Waals surface area contributed by atoms with Gasteiger partial charge in [-0.15, -0.1) is 0 Å². The molecule has 1 aliphatic rings. The van der Waals surface area contributed by atoms with Crippen molar-refractivity contribution in [2.24, 2.45) is 0 Å². The van der Waals surface area contributed by atoms with E-state index in [0.717, 1.165) is 12.1 Å². The van der Waals surface area contributed by atoms with Crippen molar-refractivity contribution in [3.63, 3.8) is 0 Å². The largest absolute Gasteiger partial charge is 0.394 e. The minimum atomic E-state index is -0.122. The van der Waals surface area contributed by atoms with Gasteiger partial charge in [-0.05, 0) is 5.56 Å². The molecule has 96 valence electrons. The Bertz CT molecular complexity index is 402. The minimum Gasteiger partial charge on any atom is -0.394 e. The normalized spacial score (nSPS) is 22.3. The van der Waals surface area contributed by atoms with Crippen LogP contribution in [0.4, 0.5) is 0 Å². The van der Waals surface area contributed by atoms with Crippen molar-refractivity contribution in [2.75, 3.05) is 32.8 Å². The van der Waals surface area contributed by atoms with Crippen LogP contribution in [0, 0.1) is 11.3 Å². The molecule has 1 aromatic carbocycles. The van der Waals surface area contributed by atoms with Crippen molar-refractivity contribution in [2.45, 2.75) is 12.0 Å². The monoisotopic (exact) mass is 246 g/mol. The van der Waals surface area contributed by atoms with Crippen LogP contribution in [0.1, 0.15) is 11.5 Å². The zero-order valence-corrected chi connectivity index (χ0v) is 10.3. The summed E-state index contributed by atoms with van der Waals surface area (Å²) >= 11 is 0. The Morgan fingerprint density at radius 2 is 2.22 bits per heavy atom. The molecule has 0 bridgehead atoms. The molecule has 1 N–H and O–H groups in total. The summed E-state index contributed by atoms with van der Waals surface area (Å²) in [7, 11) is 0. The Morgan fingerprint density at radius 3 is 2.89 bits per heavy atom. The first-order valence-corrected chi connectivity index (χ1v) is 6.23. The maximum absolute atomic E-state index is 9.28. The molecule has 0 amide bonds. The third-order valence-electron chi connectivity index (χ3n) is 3.23. The van der Waals surface area contributed by atoms with Gasteiger partial charge < -0.3 is 9.84 Å². The maximum atomic E-state index is 9.28. The third kappa shape index (κ3) is 3.30. The van der Waals surface area contributed by atoms with Crippen molar-refractivity contribution in [3.05, 3.63) is 35.9 Å². The molecule has 4 nitrogen and oxygen atoms in total. The highest BCUT2D eigenvalue weighted by atomic mass is 16.5. The van der Waals surface area contributed by atoms with Gasteiger partial charge in [-0.3, -0.25) is 4.90 Å². The summed E-state index contributed by atoms with van der Waals surface area (Å²) in [6.45, 7) is 2.88. The first-order valence-electron chi connectivity index (χ1n) is 6.23. The number of aliphatic hydroxyl groups is 1. The number of ether oxygens (including phenoxy) is 1. The lowest BCUT2D eigenvalue weighted by atomic mass is 10.00. The lowest BCUT2D eigenvalue weighted by molar-refractivity contribution is -0.0530. The summed E-state index contributed by atoms with van der Waals surface area (Å²) in [5.74, 6) is -0.122. The summed E-state index contributed by atoms with van der Waals surface area (Å²) in [4.78, 5) is 2.19. The van der Waals surface area contributed by atoms with Crippen LogP contribution in [-0.2, 0) is 4.74 Å². The molecule has 1 aromatic rings. The molecule has 0 saturated carbocycles. The molecule has 2 atom stereocenters. The summed E-state index contributed by atoms with van der Waals surface area (Å²) in [5.41, 5.74) is 1.05. The van der Waals surface area contributed by atoms with E-state index in [1.807, 2.05) is 30.3 Å². The molecule has 2 unspecified atom stereocenters. The van der Waals surface area contributed by atoms with E-state index in [0.29, 0.717) is 19.7 Å². The molecule has 1 saturated heterocycles. The molecule has 1 aliphatic heterocycles. The van der Waals surface area contributed by atoms with E-state index in [4.69, 9.17) is 9.84 Å². The van der Waals surface area contributed by atoms with E-state index in [1.165, 1.54) is 0 Å². The lowest BCUT2D eigenvalue weighted by Gasteiger charge is -2.33. The molecule has 0 aromatic heterocycles. The number of morpholine rings is 1. The van der Waals surface area contributed by atoms with E-state index in [1.54, 1.807) is 0 Å². The summed E-state index contributed by atoms with van der Waals surface area (Å²) < 4.78 is 5.40. The molecular formula is C14H18N2O2. The van der Waals surface area contributed by atoms with Gasteiger partial charge in [0.25, 0.3) is 0 Å². The quantitative estimate of drug-likeness (QED) is 0.860. The van der Waals surface area contributed by atoms with Crippen LogP contribution in [0.15, 0.2) is 30.3 Å². The second-order valence-electron chi connectivity index (χ2n) is 4.53. The fourth-order valence-corrected chi connectivity index (χ4v) is 2.22. The number of nitrogens with zero attached hydrogens (tertiary/aromatic N) is 2. The van der Waals surface area contributed by atoms with E-state index in [9.17, 15) is 5.26 Å². The van der Waals surface area contributed by atoms with Crippen LogP contribution in [0.25, 0.3) is 0 Å². The van der Waals surface area contributed by atoms with Crippen molar-refractivity contribution >= 4 is 0 Å². The number of nitriles is 1. The summed E-state index contributed by atoms with van der Waals surface area (Å²) in [6, 6.07) is 12.2. The van der Waals surface area contributed by atoms with E-state index in [2.05, 4.69) is 11.0 Å². The predicted octanol–water partition coefficient (Wildman–Crippen LogP) is 0.987. The maximum Gasteiger partial charge on any atom is 0.0932 e. The van der Waals surface area contributed by atoms with Crippen LogP contribution in [0.3, 0.4) is 0 Å².